The molecule has 1 amide bonds. The fourth-order valence-corrected chi connectivity index (χ4v) is 2.00. The highest BCUT2D eigenvalue weighted by atomic mass is 19.1. The maximum Gasteiger partial charge on any atom is 0.225 e. The van der Waals surface area contributed by atoms with Crippen LogP contribution in [-0.4, -0.2) is 41.1 Å². The number of hydrogen-bond donors (Lipinski definition) is 3. The van der Waals surface area contributed by atoms with E-state index in [-0.39, 0.29) is 24.1 Å². The fraction of sp³-hybridized carbons (Fsp3) is 0.533. The van der Waals surface area contributed by atoms with Crippen LogP contribution < -0.4 is 11.1 Å². The number of nitrogens with two attached hydrogens (primary N) is 1. The van der Waals surface area contributed by atoms with Gasteiger partial charge in [-0.2, -0.15) is 0 Å². The predicted molar refractivity (Wildman–Crippen MR) is 82.4 cm³/mol. The van der Waals surface area contributed by atoms with Gasteiger partial charge in [0.1, 0.15) is 5.82 Å². The standard InChI is InChI=1S/C15H24FN3O2/c1-10(2)19(9-11(3)20)7-6-15(21)18-14-8-12(17)4-5-13(14)16/h4-5,8,10-11,20H,6-7,9,17H2,1-3H3,(H,18,21). The minimum Gasteiger partial charge on any atom is -0.399 e. The Labute approximate surface area is 124 Å². The Balaban J connectivity index is 2.55. The molecule has 0 aliphatic rings. The molecule has 0 aliphatic heterocycles. The molecule has 1 rings (SSSR count). The van der Waals surface area contributed by atoms with E-state index in [1.807, 2.05) is 18.7 Å². The van der Waals surface area contributed by atoms with Crippen molar-refractivity contribution in [1.29, 1.82) is 0 Å². The van der Waals surface area contributed by atoms with E-state index in [9.17, 15) is 14.3 Å². The molecule has 5 nitrogen and oxygen atoms in total. The van der Waals surface area contributed by atoms with Crippen LogP contribution in [0.25, 0.3) is 0 Å². The molecule has 0 fully saturated rings. The Morgan fingerprint density at radius 2 is 2.10 bits per heavy atom. The van der Waals surface area contributed by atoms with Crippen LogP contribution in [-0.2, 0) is 4.79 Å². The summed E-state index contributed by atoms with van der Waals surface area (Å²) in [7, 11) is 0. The summed E-state index contributed by atoms with van der Waals surface area (Å²) in [6.07, 6.45) is -0.235. The average Bonchev–Trinajstić information content (AvgIpc) is 2.38. The molecule has 4 N–H and O–H groups in total. The van der Waals surface area contributed by atoms with Gasteiger partial charge in [-0.3, -0.25) is 9.69 Å². The second kappa shape index (κ2) is 7.95. The van der Waals surface area contributed by atoms with Crippen LogP contribution in [0.5, 0.6) is 0 Å². The maximum absolute atomic E-state index is 13.5. The number of nitrogens with one attached hydrogen (secondary N) is 1. The van der Waals surface area contributed by atoms with E-state index in [1.54, 1.807) is 6.92 Å². The third-order valence-corrected chi connectivity index (χ3v) is 3.12. The second-order valence-corrected chi connectivity index (χ2v) is 5.48. The quantitative estimate of drug-likeness (QED) is 0.671. The van der Waals surface area contributed by atoms with Gasteiger partial charge in [-0.25, -0.2) is 4.39 Å². The Morgan fingerprint density at radius 3 is 2.67 bits per heavy atom. The van der Waals surface area contributed by atoms with Gasteiger partial charge in [0.05, 0.1) is 11.8 Å². The first kappa shape index (κ1) is 17.4. The Morgan fingerprint density at radius 1 is 1.43 bits per heavy atom. The van der Waals surface area contributed by atoms with Gasteiger partial charge in [0.15, 0.2) is 0 Å². The van der Waals surface area contributed by atoms with Crippen molar-refractivity contribution < 1.29 is 14.3 Å². The number of hydrogen-bond acceptors (Lipinski definition) is 4. The summed E-state index contributed by atoms with van der Waals surface area (Å²) in [4.78, 5) is 13.9. The van der Waals surface area contributed by atoms with E-state index < -0.39 is 11.9 Å². The number of nitrogen functional groups attached to an aromatic ring is 1. The molecule has 0 spiro atoms. The number of aliphatic hydroxyl groups excluding tert-OH is 1. The predicted octanol–water partition coefficient (Wildman–Crippen LogP) is 1.83. The van der Waals surface area contributed by atoms with E-state index in [4.69, 9.17) is 5.73 Å². The van der Waals surface area contributed by atoms with Crippen LogP contribution in [0.1, 0.15) is 27.2 Å². The molecule has 21 heavy (non-hydrogen) atoms. The number of rotatable bonds is 7. The normalized spacial score (nSPS) is 12.7. The van der Waals surface area contributed by atoms with Crippen molar-refractivity contribution in [2.24, 2.45) is 0 Å². The minimum absolute atomic E-state index is 0.0895. The average molecular weight is 297 g/mol. The number of aliphatic hydroxyl groups is 1. The lowest BCUT2D eigenvalue weighted by atomic mass is 10.2. The summed E-state index contributed by atoms with van der Waals surface area (Å²) in [6, 6.07) is 4.27. The number of amides is 1. The molecule has 0 saturated heterocycles. The van der Waals surface area contributed by atoms with E-state index in [0.717, 1.165) is 0 Å². The number of halogens is 1. The van der Waals surface area contributed by atoms with Crippen LogP contribution >= 0.6 is 0 Å². The highest BCUT2D eigenvalue weighted by Gasteiger charge is 2.14. The molecule has 1 atom stereocenters. The van der Waals surface area contributed by atoms with Crippen molar-refractivity contribution in [3.63, 3.8) is 0 Å². The molecule has 1 aromatic rings. The molecular formula is C15H24FN3O2. The Kier molecular flexibility index (Phi) is 6.58. The van der Waals surface area contributed by atoms with Crippen LogP contribution in [0.3, 0.4) is 0 Å². The van der Waals surface area contributed by atoms with Crippen LogP contribution in [0.15, 0.2) is 18.2 Å². The van der Waals surface area contributed by atoms with Gasteiger partial charge in [-0.15, -0.1) is 0 Å². The molecule has 1 aromatic carbocycles. The molecule has 0 heterocycles. The molecule has 0 aromatic heterocycles. The Hall–Kier alpha value is -1.66. The van der Waals surface area contributed by atoms with Gasteiger partial charge < -0.3 is 16.2 Å². The van der Waals surface area contributed by atoms with Crippen LogP contribution in [0, 0.1) is 5.82 Å². The minimum atomic E-state index is -0.512. The third-order valence-electron chi connectivity index (χ3n) is 3.12. The first-order valence-corrected chi connectivity index (χ1v) is 7.06. The van der Waals surface area contributed by atoms with Crippen molar-refractivity contribution in [2.45, 2.75) is 39.3 Å². The van der Waals surface area contributed by atoms with Crippen LogP contribution in [0.2, 0.25) is 0 Å². The first-order chi connectivity index (χ1) is 9.79. The molecule has 0 bridgehead atoms. The second-order valence-electron chi connectivity index (χ2n) is 5.48. The summed E-state index contributed by atoms with van der Waals surface area (Å²) in [5.41, 5.74) is 6.05. The Bertz CT molecular complexity index is 478. The van der Waals surface area contributed by atoms with Gasteiger partial charge in [0.25, 0.3) is 0 Å². The largest absolute Gasteiger partial charge is 0.399 e. The number of nitrogens with zero attached hydrogens (tertiary/aromatic N) is 1. The zero-order valence-electron chi connectivity index (χ0n) is 12.8. The van der Waals surface area contributed by atoms with Crippen LogP contribution in [0.4, 0.5) is 15.8 Å². The monoisotopic (exact) mass is 297 g/mol. The number of benzene rings is 1. The first-order valence-electron chi connectivity index (χ1n) is 7.06. The molecule has 118 valence electrons. The molecule has 0 aliphatic carbocycles. The van der Waals surface area contributed by atoms with Gasteiger partial charge in [-0.1, -0.05) is 0 Å². The fourth-order valence-electron chi connectivity index (χ4n) is 2.00. The highest BCUT2D eigenvalue weighted by molar-refractivity contribution is 5.91. The van der Waals surface area contributed by atoms with Gasteiger partial charge in [0, 0.05) is 31.2 Å². The summed E-state index contributed by atoms with van der Waals surface area (Å²) in [5.74, 6) is -0.794. The summed E-state index contributed by atoms with van der Waals surface area (Å²) < 4.78 is 13.5. The van der Waals surface area contributed by atoms with E-state index in [1.165, 1.54) is 18.2 Å². The van der Waals surface area contributed by atoms with Crippen molar-refractivity contribution >= 4 is 17.3 Å². The van der Waals surface area contributed by atoms with Crippen molar-refractivity contribution in [1.82, 2.24) is 4.90 Å². The zero-order chi connectivity index (χ0) is 16.0. The van der Waals surface area contributed by atoms with E-state index in [2.05, 4.69) is 5.32 Å². The molecule has 6 heteroatoms. The van der Waals surface area contributed by atoms with E-state index in [0.29, 0.717) is 18.8 Å². The summed E-state index contributed by atoms with van der Waals surface area (Å²) in [6.45, 7) is 6.70. The lowest BCUT2D eigenvalue weighted by molar-refractivity contribution is -0.116. The third kappa shape index (κ3) is 6.10. The summed E-state index contributed by atoms with van der Waals surface area (Å²) in [5, 5.41) is 11.9. The molecular weight excluding hydrogens is 273 g/mol. The maximum atomic E-state index is 13.5. The van der Waals surface area contributed by atoms with Gasteiger partial charge in [-0.05, 0) is 39.0 Å². The lowest BCUT2D eigenvalue weighted by Gasteiger charge is -2.27. The molecule has 1 unspecified atom stereocenters. The lowest BCUT2D eigenvalue weighted by Crippen LogP contribution is -2.38. The van der Waals surface area contributed by atoms with Gasteiger partial charge in [0.2, 0.25) is 5.91 Å². The molecule has 0 radical (unpaired) electrons. The zero-order valence-corrected chi connectivity index (χ0v) is 12.8. The smallest absolute Gasteiger partial charge is 0.225 e. The van der Waals surface area contributed by atoms with Gasteiger partial charge >= 0.3 is 0 Å². The van der Waals surface area contributed by atoms with E-state index >= 15 is 0 Å². The van der Waals surface area contributed by atoms with Crippen molar-refractivity contribution in [2.75, 3.05) is 24.1 Å². The van der Waals surface area contributed by atoms with Crippen molar-refractivity contribution in [3.05, 3.63) is 24.0 Å². The SMILES string of the molecule is CC(O)CN(CCC(=O)Nc1cc(N)ccc1F)C(C)C. The number of carbonyl (C=O) groups is 1. The number of anilines is 2. The number of carbonyl (C=O) groups excluding carboxylic acids is 1. The highest BCUT2D eigenvalue weighted by Crippen LogP contribution is 2.17. The molecule has 0 saturated carbocycles. The topological polar surface area (TPSA) is 78.6 Å². The summed E-state index contributed by atoms with van der Waals surface area (Å²) >= 11 is 0. The van der Waals surface area contributed by atoms with Crippen molar-refractivity contribution in [3.8, 4) is 0 Å².